The number of nitrogens with one attached hydrogen (secondary N) is 2. The zero-order valence-electron chi connectivity index (χ0n) is 37.8. The van der Waals surface area contributed by atoms with E-state index in [9.17, 15) is 14.4 Å². The van der Waals surface area contributed by atoms with Gasteiger partial charge in [-0.3, -0.25) is 29.8 Å². The molecule has 3 amide bonds. The number of hydrogen-bond acceptors (Lipinski definition) is 11. The van der Waals surface area contributed by atoms with Crippen LogP contribution >= 0.6 is 0 Å². The van der Waals surface area contributed by atoms with Crippen LogP contribution in [-0.4, -0.2) is 100 Å². The van der Waals surface area contributed by atoms with Gasteiger partial charge in [0.1, 0.15) is 0 Å². The molecule has 1 unspecified atom stereocenters. The maximum Gasteiger partial charge on any atom is 0.328 e. The average molecular weight is 865 g/mol. The van der Waals surface area contributed by atoms with Crippen molar-refractivity contribution < 1.29 is 18.9 Å². The zero-order valence-corrected chi connectivity index (χ0v) is 37.8. The van der Waals surface area contributed by atoms with Gasteiger partial charge in [-0.15, -0.1) is 0 Å². The lowest BCUT2D eigenvalue weighted by Gasteiger charge is -2.40. The van der Waals surface area contributed by atoms with Gasteiger partial charge in [0.05, 0.1) is 5.69 Å². The Bertz CT molecular complexity index is 2550. The number of imide groups is 1. The zero-order chi connectivity index (χ0) is 44.5. The summed E-state index contributed by atoms with van der Waals surface area (Å²) in [7, 11) is 0. The van der Waals surface area contributed by atoms with Crippen LogP contribution in [0.25, 0.3) is 27.7 Å². The molecule has 2 N–H and O–H groups in total. The van der Waals surface area contributed by atoms with Gasteiger partial charge < -0.3 is 14.3 Å². The second-order valence-corrected chi connectivity index (χ2v) is 19.2. The molecule has 2 aromatic carbocycles. The van der Waals surface area contributed by atoms with Crippen LogP contribution in [0, 0.1) is 17.8 Å². The number of aromatic amines is 1. The molecule has 334 valence electrons. The standard InChI is InChI=1S/C50H60N10O4/c1-32(6-17-43(61)47-53-48(64-56-47)50(3,4)5)41-16-9-36(28-33(41)2)45-42-29-37(30-51-46(42)55-54-45)35-7-10-38(11-8-35)59-26-24-57(25-27-59)31-34-18-21-58(22-19-34)39-12-14-40(15-13-39)60-23-20-44(62)52-49(60)63/h7-15,28-30,32,34,41H,6,16-27,31H2,1-5H3,(H,51,54,55)(H,52,62,63)/t32-,41?/m0/s1. The van der Waals surface area contributed by atoms with Crippen LogP contribution in [0.1, 0.15) is 95.3 Å². The van der Waals surface area contributed by atoms with Crippen molar-refractivity contribution in [2.24, 2.45) is 17.8 Å². The summed E-state index contributed by atoms with van der Waals surface area (Å²) in [6, 6.07) is 18.9. The number of rotatable bonds is 12. The summed E-state index contributed by atoms with van der Waals surface area (Å²) in [5.74, 6) is 1.71. The molecule has 3 aliphatic heterocycles. The van der Waals surface area contributed by atoms with E-state index in [0.29, 0.717) is 48.7 Å². The normalized spacial score (nSPS) is 19.8. The van der Waals surface area contributed by atoms with Gasteiger partial charge in [-0.2, -0.15) is 10.1 Å². The molecule has 0 saturated carbocycles. The summed E-state index contributed by atoms with van der Waals surface area (Å²) in [6.07, 6.45) is 11.2. The van der Waals surface area contributed by atoms with Crippen LogP contribution in [0.2, 0.25) is 0 Å². The molecule has 14 heteroatoms. The van der Waals surface area contributed by atoms with E-state index in [1.54, 1.807) is 4.90 Å². The summed E-state index contributed by atoms with van der Waals surface area (Å²) >= 11 is 0. The molecule has 14 nitrogen and oxygen atoms in total. The van der Waals surface area contributed by atoms with Gasteiger partial charge in [-0.1, -0.05) is 62.7 Å². The molecule has 2 atom stereocenters. The molecule has 0 radical (unpaired) electrons. The Morgan fingerprint density at radius 3 is 2.25 bits per heavy atom. The molecule has 0 bridgehead atoms. The highest BCUT2D eigenvalue weighted by atomic mass is 16.5. The monoisotopic (exact) mass is 864 g/mol. The van der Waals surface area contributed by atoms with Crippen molar-refractivity contribution in [3.8, 4) is 11.1 Å². The number of allylic oxidation sites excluding steroid dienone is 4. The highest BCUT2D eigenvalue weighted by molar-refractivity contribution is 6.05. The number of benzene rings is 2. The molecular weight excluding hydrogens is 805 g/mol. The third-order valence-corrected chi connectivity index (χ3v) is 13.7. The molecule has 4 aliphatic rings. The van der Waals surface area contributed by atoms with Crippen molar-refractivity contribution in [3.63, 3.8) is 0 Å². The van der Waals surface area contributed by atoms with Crippen molar-refractivity contribution in [2.75, 3.05) is 67.1 Å². The van der Waals surface area contributed by atoms with Crippen molar-refractivity contribution in [1.82, 2.24) is 35.5 Å². The van der Waals surface area contributed by atoms with Crippen LogP contribution in [0.5, 0.6) is 0 Å². The van der Waals surface area contributed by atoms with Crippen molar-refractivity contribution in [3.05, 3.63) is 95.9 Å². The number of carbonyl (C=O) groups is 3. The lowest BCUT2D eigenvalue weighted by atomic mass is 9.78. The summed E-state index contributed by atoms with van der Waals surface area (Å²) < 4.78 is 5.35. The Labute approximate surface area is 375 Å². The fraction of sp³-hybridized carbons (Fsp3) is 0.460. The predicted octanol–water partition coefficient (Wildman–Crippen LogP) is 8.44. The predicted molar refractivity (Wildman–Crippen MR) is 250 cm³/mol. The van der Waals surface area contributed by atoms with E-state index in [1.807, 2.05) is 39.1 Å². The number of amides is 3. The minimum absolute atomic E-state index is 0.0738. The molecular formula is C50H60N10O4. The van der Waals surface area contributed by atoms with E-state index in [4.69, 9.17) is 9.51 Å². The molecule has 5 aromatic rings. The number of pyridine rings is 1. The van der Waals surface area contributed by atoms with Crippen molar-refractivity contribution in [2.45, 2.75) is 78.6 Å². The number of Topliss-reactive ketones (excluding diaryl/α,β-unsaturated/α-hetero) is 1. The quantitative estimate of drug-likeness (QED) is 0.116. The molecule has 64 heavy (non-hydrogen) atoms. The minimum Gasteiger partial charge on any atom is -0.372 e. The van der Waals surface area contributed by atoms with E-state index >= 15 is 0 Å². The molecule has 3 saturated heterocycles. The van der Waals surface area contributed by atoms with Gasteiger partial charge in [0.25, 0.3) is 0 Å². The number of piperazine rings is 1. The summed E-state index contributed by atoms with van der Waals surface area (Å²) in [5, 5.41) is 15.2. The summed E-state index contributed by atoms with van der Waals surface area (Å²) in [4.78, 5) is 55.0. The fourth-order valence-corrected chi connectivity index (χ4v) is 9.74. The first-order chi connectivity index (χ1) is 30.9. The lowest BCUT2D eigenvalue weighted by molar-refractivity contribution is -0.120. The number of anilines is 3. The highest BCUT2D eigenvalue weighted by Crippen LogP contribution is 2.38. The Morgan fingerprint density at radius 2 is 1.58 bits per heavy atom. The molecule has 0 spiro atoms. The van der Waals surface area contributed by atoms with E-state index in [-0.39, 0.29) is 29.0 Å². The Hall–Kier alpha value is -6.15. The molecule has 3 aromatic heterocycles. The van der Waals surface area contributed by atoms with E-state index in [1.165, 1.54) is 29.8 Å². The van der Waals surface area contributed by atoms with Crippen LogP contribution in [-0.2, 0) is 10.2 Å². The molecule has 9 rings (SSSR count). The number of hydrogen-bond donors (Lipinski definition) is 2. The van der Waals surface area contributed by atoms with Crippen LogP contribution in [0.4, 0.5) is 21.9 Å². The van der Waals surface area contributed by atoms with E-state index in [0.717, 1.165) is 92.1 Å². The Kier molecular flexibility index (Phi) is 12.2. The van der Waals surface area contributed by atoms with Gasteiger partial charge in [0, 0.05) is 105 Å². The number of H-pyrrole nitrogens is 1. The largest absolute Gasteiger partial charge is 0.372 e. The SMILES string of the molecule is CC1=CC(c2[nH]nc3ncc(-c4ccc(N5CCN(CC6CCN(c7ccc(N8CCC(=O)NC8=O)cc7)CC6)CC5)cc4)cc23)=CCC1[C@@H](C)CCC(=O)c1noc(C(C)(C)C)n1. The van der Waals surface area contributed by atoms with E-state index in [2.05, 4.69) is 109 Å². The Balaban J connectivity index is 0.745. The molecule has 6 heterocycles. The summed E-state index contributed by atoms with van der Waals surface area (Å²) in [5.41, 5.74) is 9.25. The van der Waals surface area contributed by atoms with Crippen molar-refractivity contribution >= 4 is 51.4 Å². The van der Waals surface area contributed by atoms with E-state index < -0.39 is 0 Å². The van der Waals surface area contributed by atoms with Gasteiger partial charge in [-0.05, 0) is 104 Å². The second kappa shape index (κ2) is 18.1. The number of ketones is 1. The minimum atomic E-state index is -0.346. The number of piperidine rings is 1. The van der Waals surface area contributed by atoms with Gasteiger partial charge in [-0.25, -0.2) is 9.78 Å². The third-order valence-electron chi connectivity index (χ3n) is 13.7. The lowest BCUT2D eigenvalue weighted by Crippen LogP contribution is -2.49. The first kappa shape index (κ1) is 43.1. The maximum atomic E-state index is 12.9. The fourth-order valence-electron chi connectivity index (χ4n) is 9.74. The number of urea groups is 1. The van der Waals surface area contributed by atoms with Crippen LogP contribution in [0.3, 0.4) is 0 Å². The van der Waals surface area contributed by atoms with Crippen molar-refractivity contribution in [1.29, 1.82) is 0 Å². The third kappa shape index (κ3) is 9.38. The first-order valence-electron chi connectivity index (χ1n) is 23.0. The van der Waals surface area contributed by atoms with Gasteiger partial charge in [0.15, 0.2) is 5.65 Å². The number of fused-ring (bicyclic) bond motifs is 1. The topological polar surface area (TPSA) is 157 Å². The van der Waals surface area contributed by atoms with Crippen LogP contribution < -0.4 is 20.0 Å². The first-order valence-corrected chi connectivity index (χ1v) is 23.0. The second-order valence-electron chi connectivity index (χ2n) is 19.2. The smallest absolute Gasteiger partial charge is 0.328 e. The number of carbonyl (C=O) groups excluding carboxylic acids is 3. The van der Waals surface area contributed by atoms with Crippen LogP contribution in [0.15, 0.2) is 83.0 Å². The van der Waals surface area contributed by atoms with Gasteiger partial charge >= 0.3 is 6.03 Å². The van der Waals surface area contributed by atoms with Gasteiger partial charge in [0.2, 0.25) is 23.4 Å². The number of nitrogens with zero attached hydrogens (tertiary/aromatic N) is 8. The highest BCUT2D eigenvalue weighted by Gasteiger charge is 2.29. The molecule has 3 fully saturated rings. The maximum absolute atomic E-state index is 12.9. The Morgan fingerprint density at radius 1 is 0.891 bits per heavy atom. The number of aromatic nitrogens is 5. The average Bonchev–Trinajstić information content (AvgIpc) is 3.98. The molecule has 1 aliphatic carbocycles. The summed E-state index contributed by atoms with van der Waals surface area (Å²) in [6.45, 7) is 18.2.